The first-order valence-corrected chi connectivity index (χ1v) is 8.27. The molecule has 1 saturated heterocycles. The summed E-state index contributed by atoms with van der Waals surface area (Å²) in [5.41, 5.74) is 1.12. The number of nitrogens with one attached hydrogen (secondary N) is 1. The third-order valence-electron chi connectivity index (χ3n) is 4.13. The van der Waals surface area contributed by atoms with Gasteiger partial charge in [0.25, 0.3) is 0 Å². The lowest BCUT2D eigenvalue weighted by molar-refractivity contribution is 0.0925. The van der Waals surface area contributed by atoms with Gasteiger partial charge in [0.1, 0.15) is 0 Å². The number of hydrogen-bond donors (Lipinski definition) is 1. The molecule has 112 valence electrons. The minimum Gasteiger partial charge on any atom is -0.319 e. The van der Waals surface area contributed by atoms with Gasteiger partial charge in [-0.05, 0) is 64.0 Å². The van der Waals surface area contributed by atoms with E-state index in [0.717, 1.165) is 41.7 Å². The first-order valence-electron chi connectivity index (χ1n) is 7.51. The smallest absolute Gasteiger partial charge is 0.0468 e. The van der Waals surface area contributed by atoms with Crippen molar-refractivity contribution in [1.82, 2.24) is 10.2 Å². The lowest BCUT2D eigenvalue weighted by Gasteiger charge is -2.42. The van der Waals surface area contributed by atoms with Crippen molar-refractivity contribution < 1.29 is 0 Å². The van der Waals surface area contributed by atoms with E-state index >= 15 is 0 Å². The molecule has 0 spiro atoms. The van der Waals surface area contributed by atoms with Gasteiger partial charge in [0.15, 0.2) is 0 Å². The fraction of sp³-hybridized carbons (Fsp3) is 0.625. The van der Waals surface area contributed by atoms with Gasteiger partial charge in [0.2, 0.25) is 0 Å². The Hall–Kier alpha value is -0.280. The molecule has 2 unspecified atom stereocenters. The summed E-state index contributed by atoms with van der Waals surface area (Å²) in [7, 11) is 2.02. The van der Waals surface area contributed by atoms with Crippen molar-refractivity contribution in [3.8, 4) is 0 Å². The molecule has 0 radical (unpaired) electrons. The van der Waals surface area contributed by atoms with Crippen LogP contribution < -0.4 is 5.32 Å². The zero-order valence-electron chi connectivity index (χ0n) is 12.3. The molecule has 0 aromatic heterocycles. The summed E-state index contributed by atoms with van der Waals surface area (Å²) in [5, 5.41) is 4.92. The predicted molar refractivity (Wildman–Crippen MR) is 87.7 cm³/mol. The van der Waals surface area contributed by atoms with Crippen LogP contribution in [-0.4, -0.2) is 31.6 Å². The van der Waals surface area contributed by atoms with Crippen LogP contribution in [0.3, 0.4) is 0 Å². The molecular formula is C16H24Cl2N2. The van der Waals surface area contributed by atoms with Crippen molar-refractivity contribution in [2.75, 3.05) is 26.7 Å². The SMILES string of the molecule is CCCN1CCCC(CNC)C1c1c(Cl)cccc1Cl. The first kappa shape index (κ1) is 16.1. The van der Waals surface area contributed by atoms with Crippen molar-refractivity contribution in [3.05, 3.63) is 33.8 Å². The van der Waals surface area contributed by atoms with Gasteiger partial charge < -0.3 is 5.32 Å². The van der Waals surface area contributed by atoms with E-state index in [-0.39, 0.29) is 0 Å². The fourth-order valence-corrected chi connectivity index (χ4v) is 4.00. The predicted octanol–water partition coefficient (Wildman–Crippen LogP) is 4.38. The van der Waals surface area contributed by atoms with Gasteiger partial charge in [0, 0.05) is 21.7 Å². The van der Waals surface area contributed by atoms with Crippen molar-refractivity contribution >= 4 is 23.2 Å². The fourth-order valence-electron chi connectivity index (χ4n) is 3.38. The Morgan fingerprint density at radius 3 is 2.60 bits per heavy atom. The highest BCUT2D eigenvalue weighted by atomic mass is 35.5. The number of rotatable bonds is 5. The van der Waals surface area contributed by atoms with Crippen molar-refractivity contribution in [2.24, 2.45) is 5.92 Å². The molecule has 0 saturated carbocycles. The molecule has 0 amide bonds. The van der Waals surface area contributed by atoms with Gasteiger partial charge in [0.05, 0.1) is 0 Å². The van der Waals surface area contributed by atoms with E-state index < -0.39 is 0 Å². The van der Waals surface area contributed by atoms with Gasteiger partial charge in [-0.15, -0.1) is 0 Å². The van der Waals surface area contributed by atoms with E-state index in [1.54, 1.807) is 0 Å². The van der Waals surface area contributed by atoms with Crippen LogP contribution in [-0.2, 0) is 0 Å². The van der Waals surface area contributed by atoms with Crippen LogP contribution in [0, 0.1) is 5.92 Å². The Morgan fingerprint density at radius 1 is 1.30 bits per heavy atom. The van der Waals surface area contributed by atoms with Crippen LogP contribution in [0.1, 0.15) is 37.8 Å². The minimum atomic E-state index is 0.331. The second kappa shape index (κ2) is 7.65. The molecule has 0 bridgehead atoms. The maximum atomic E-state index is 6.46. The summed E-state index contributed by atoms with van der Waals surface area (Å²) in [5.74, 6) is 0.567. The van der Waals surface area contributed by atoms with Crippen LogP contribution in [0.25, 0.3) is 0 Å². The molecule has 1 aliphatic heterocycles. The van der Waals surface area contributed by atoms with Gasteiger partial charge in [-0.25, -0.2) is 0 Å². The Morgan fingerprint density at radius 2 is 2.00 bits per heavy atom. The Balaban J connectivity index is 2.38. The van der Waals surface area contributed by atoms with E-state index in [1.165, 1.54) is 12.8 Å². The zero-order chi connectivity index (χ0) is 14.5. The number of halogens is 2. The summed E-state index contributed by atoms with van der Waals surface area (Å²) in [6.07, 6.45) is 3.64. The largest absolute Gasteiger partial charge is 0.319 e. The number of benzene rings is 1. The lowest BCUT2D eigenvalue weighted by atomic mass is 9.84. The molecule has 20 heavy (non-hydrogen) atoms. The lowest BCUT2D eigenvalue weighted by Crippen LogP contribution is -2.42. The van der Waals surface area contributed by atoms with E-state index in [0.29, 0.717) is 12.0 Å². The third-order valence-corrected chi connectivity index (χ3v) is 4.79. The first-order chi connectivity index (χ1) is 9.69. The highest BCUT2D eigenvalue weighted by Gasteiger charge is 2.34. The van der Waals surface area contributed by atoms with Gasteiger partial charge in [-0.1, -0.05) is 36.2 Å². The monoisotopic (exact) mass is 314 g/mol. The van der Waals surface area contributed by atoms with E-state index in [4.69, 9.17) is 23.2 Å². The number of piperidine rings is 1. The Kier molecular flexibility index (Phi) is 6.16. The maximum Gasteiger partial charge on any atom is 0.0468 e. The Bertz CT molecular complexity index is 398. The Labute approximate surface area is 132 Å². The maximum absolute atomic E-state index is 6.46. The average molecular weight is 315 g/mol. The molecule has 2 nitrogen and oxygen atoms in total. The number of hydrogen-bond acceptors (Lipinski definition) is 2. The van der Waals surface area contributed by atoms with Crippen LogP contribution in [0.4, 0.5) is 0 Å². The molecule has 4 heteroatoms. The standard InChI is InChI=1S/C16H24Cl2N2/c1-3-9-20-10-5-6-12(11-19-2)16(20)15-13(17)7-4-8-14(15)18/h4,7-8,12,16,19H,3,5-6,9-11H2,1-2H3. The van der Waals surface area contributed by atoms with Gasteiger partial charge in [-0.3, -0.25) is 4.90 Å². The second-order valence-electron chi connectivity index (χ2n) is 5.58. The van der Waals surface area contributed by atoms with Gasteiger partial charge in [-0.2, -0.15) is 0 Å². The minimum absolute atomic E-state index is 0.331. The van der Waals surface area contributed by atoms with Crippen molar-refractivity contribution in [3.63, 3.8) is 0 Å². The summed E-state index contributed by atoms with van der Waals surface area (Å²) in [6, 6.07) is 6.17. The summed E-state index contributed by atoms with van der Waals surface area (Å²) in [6.45, 7) is 5.48. The van der Waals surface area contributed by atoms with Crippen LogP contribution in [0.2, 0.25) is 10.0 Å². The summed E-state index contributed by atoms with van der Waals surface area (Å²) >= 11 is 12.9. The number of likely N-dealkylation sites (tertiary alicyclic amines) is 1. The molecule has 1 N–H and O–H groups in total. The van der Waals surface area contributed by atoms with Crippen molar-refractivity contribution in [2.45, 2.75) is 32.2 Å². The molecule has 1 aliphatic rings. The molecule has 1 aromatic rings. The highest BCUT2D eigenvalue weighted by Crippen LogP contribution is 2.42. The molecule has 1 heterocycles. The molecule has 2 atom stereocenters. The molecule has 1 fully saturated rings. The summed E-state index contributed by atoms with van der Waals surface area (Å²) in [4.78, 5) is 2.55. The van der Waals surface area contributed by atoms with Crippen LogP contribution in [0.15, 0.2) is 18.2 Å². The van der Waals surface area contributed by atoms with E-state index in [2.05, 4.69) is 17.1 Å². The van der Waals surface area contributed by atoms with Gasteiger partial charge >= 0.3 is 0 Å². The third kappa shape index (κ3) is 3.48. The summed E-state index contributed by atoms with van der Waals surface area (Å²) < 4.78 is 0. The second-order valence-corrected chi connectivity index (χ2v) is 6.39. The van der Waals surface area contributed by atoms with Crippen LogP contribution in [0.5, 0.6) is 0 Å². The van der Waals surface area contributed by atoms with Crippen LogP contribution >= 0.6 is 23.2 Å². The molecule has 2 rings (SSSR count). The normalized spacial score (nSPS) is 24.0. The zero-order valence-corrected chi connectivity index (χ0v) is 13.8. The quantitative estimate of drug-likeness (QED) is 0.867. The average Bonchev–Trinajstić information content (AvgIpc) is 2.42. The number of nitrogens with zero attached hydrogens (tertiary/aromatic N) is 1. The molecule has 0 aliphatic carbocycles. The van der Waals surface area contributed by atoms with E-state index in [1.807, 2.05) is 25.2 Å². The highest BCUT2D eigenvalue weighted by molar-refractivity contribution is 6.36. The topological polar surface area (TPSA) is 15.3 Å². The molecule has 1 aromatic carbocycles. The van der Waals surface area contributed by atoms with Crippen molar-refractivity contribution in [1.29, 1.82) is 0 Å². The van der Waals surface area contributed by atoms with E-state index in [9.17, 15) is 0 Å². The molecular weight excluding hydrogens is 291 g/mol.